The second-order valence-electron chi connectivity index (χ2n) is 7.23. The maximum absolute atomic E-state index is 12.8. The molecule has 1 amide bonds. The number of aryl methyl sites for hydroxylation is 3. The Hall–Kier alpha value is -3.48. The summed E-state index contributed by atoms with van der Waals surface area (Å²) < 4.78 is 1.42. The van der Waals surface area contributed by atoms with Crippen molar-refractivity contribution in [1.82, 2.24) is 25.1 Å². The highest BCUT2D eigenvalue weighted by Crippen LogP contribution is 2.20. The number of aromatic nitrogens is 4. The molecule has 4 aromatic rings. The number of carbonyl (C=O) groups is 1. The number of amides is 1. The van der Waals surface area contributed by atoms with Gasteiger partial charge in [-0.1, -0.05) is 35.0 Å². The van der Waals surface area contributed by atoms with Gasteiger partial charge in [0, 0.05) is 0 Å². The topological polar surface area (TPSA) is 92.2 Å². The molecule has 2 aromatic carbocycles. The molecule has 0 spiro atoms. The van der Waals surface area contributed by atoms with Gasteiger partial charge in [0.2, 0.25) is 0 Å². The van der Waals surface area contributed by atoms with Gasteiger partial charge in [0.25, 0.3) is 11.5 Å². The van der Waals surface area contributed by atoms with Crippen LogP contribution in [0.1, 0.15) is 45.7 Å². The SMILES string of the molecule is Cc1ccc([C@@H](C)NC(=O)c2nnn3c2c(=O)[nH]c2cc(C)ccc23)c(C)c1. The van der Waals surface area contributed by atoms with Crippen LogP contribution in [0.25, 0.3) is 16.6 Å². The van der Waals surface area contributed by atoms with Gasteiger partial charge in [-0.25, -0.2) is 4.52 Å². The molecule has 4 rings (SSSR count). The molecule has 142 valence electrons. The van der Waals surface area contributed by atoms with Crippen LogP contribution in [0.3, 0.4) is 0 Å². The second-order valence-corrected chi connectivity index (χ2v) is 7.23. The summed E-state index contributed by atoms with van der Waals surface area (Å²) in [5.41, 5.74) is 5.40. The standard InChI is InChI=1S/C21H21N5O2/c1-11-5-7-15(13(3)9-11)14(4)22-20(27)18-19-21(28)23-16-10-12(2)6-8-17(16)26(19)25-24-18/h5-10,14H,1-4H3,(H,22,27)(H,23,28)/t14-/m1/s1. The number of nitrogens with one attached hydrogen (secondary N) is 2. The zero-order valence-electron chi connectivity index (χ0n) is 16.2. The minimum Gasteiger partial charge on any atom is -0.344 e. The summed E-state index contributed by atoms with van der Waals surface area (Å²) >= 11 is 0. The fourth-order valence-electron chi connectivity index (χ4n) is 3.58. The molecular weight excluding hydrogens is 354 g/mol. The van der Waals surface area contributed by atoms with Crippen LogP contribution in [-0.2, 0) is 0 Å². The second kappa shape index (κ2) is 6.60. The molecule has 2 heterocycles. The first-order valence-corrected chi connectivity index (χ1v) is 9.11. The number of carbonyl (C=O) groups excluding carboxylic acids is 1. The van der Waals surface area contributed by atoms with E-state index in [0.29, 0.717) is 11.0 Å². The lowest BCUT2D eigenvalue weighted by Gasteiger charge is -2.16. The number of hydrogen-bond donors (Lipinski definition) is 2. The molecular formula is C21H21N5O2. The summed E-state index contributed by atoms with van der Waals surface area (Å²) in [4.78, 5) is 28.3. The highest BCUT2D eigenvalue weighted by atomic mass is 16.2. The maximum Gasteiger partial charge on any atom is 0.277 e. The van der Waals surface area contributed by atoms with Crippen molar-refractivity contribution in [3.05, 3.63) is 74.7 Å². The van der Waals surface area contributed by atoms with Crippen LogP contribution in [0, 0.1) is 20.8 Å². The normalized spacial score (nSPS) is 12.4. The molecule has 2 aromatic heterocycles. The fourth-order valence-corrected chi connectivity index (χ4v) is 3.58. The van der Waals surface area contributed by atoms with Crippen LogP contribution in [0.2, 0.25) is 0 Å². The average molecular weight is 375 g/mol. The predicted octanol–water partition coefficient (Wildman–Crippen LogP) is 2.99. The van der Waals surface area contributed by atoms with Crippen molar-refractivity contribution in [2.24, 2.45) is 0 Å². The van der Waals surface area contributed by atoms with Crippen molar-refractivity contribution in [2.75, 3.05) is 0 Å². The lowest BCUT2D eigenvalue weighted by atomic mass is 10.0. The smallest absolute Gasteiger partial charge is 0.277 e. The van der Waals surface area contributed by atoms with E-state index in [4.69, 9.17) is 0 Å². The van der Waals surface area contributed by atoms with Crippen molar-refractivity contribution in [3.63, 3.8) is 0 Å². The summed E-state index contributed by atoms with van der Waals surface area (Å²) in [6, 6.07) is 11.5. The van der Waals surface area contributed by atoms with Crippen molar-refractivity contribution in [1.29, 1.82) is 0 Å². The molecule has 0 bridgehead atoms. The Morgan fingerprint density at radius 2 is 1.82 bits per heavy atom. The van der Waals surface area contributed by atoms with E-state index in [0.717, 1.165) is 22.3 Å². The third kappa shape index (κ3) is 2.94. The van der Waals surface area contributed by atoms with E-state index >= 15 is 0 Å². The molecule has 1 atom stereocenters. The molecule has 0 aliphatic carbocycles. The number of hydrogen-bond acceptors (Lipinski definition) is 4. The van der Waals surface area contributed by atoms with Crippen molar-refractivity contribution >= 4 is 22.5 Å². The summed E-state index contributed by atoms with van der Waals surface area (Å²) in [7, 11) is 0. The third-order valence-electron chi connectivity index (χ3n) is 4.97. The molecule has 0 aliphatic heterocycles. The van der Waals surface area contributed by atoms with Gasteiger partial charge in [0.15, 0.2) is 11.2 Å². The van der Waals surface area contributed by atoms with Gasteiger partial charge in [-0.15, -0.1) is 5.10 Å². The molecule has 0 saturated carbocycles. The van der Waals surface area contributed by atoms with E-state index in [2.05, 4.69) is 26.7 Å². The van der Waals surface area contributed by atoms with Gasteiger partial charge in [-0.05, 0) is 56.5 Å². The Morgan fingerprint density at radius 1 is 1.11 bits per heavy atom. The van der Waals surface area contributed by atoms with Crippen LogP contribution >= 0.6 is 0 Å². The quantitative estimate of drug-likeness (QED) is 0.576. The van der Waals surface area contributed by atoms with E-state index in [9.17, 15) is 9.59 Å². The van der Waals surface area contributed by atoms with Crippen LogP contribution in [0.5, 0.6) is 0 Å². The van der Waals surface area contributed by atoms with E-state index in [1.165, 1.54) is 4.52 Å². The number of benzene rings is 2. The van der Waals surface area contributed by atoms with Gasteiger partial charge in [0.1, 0.15) is 0 Å². The Labute approximate surface area is 161 Å². The van der Waals surface area contributed by atoms with Gasteiger partial charge in [0.05, 0.1) is 17.1 Å². The predicted molar refractivity (Wildman–Crippen MR) is 108 cm³/mol. The van der Waals surface area contributed by atoms with Gasteiger partial charge in [-0.3, -0.25) is 9.59 Å². The van der Waals surface area contributed by atoms with E-state index < -0.39 is 11.5 Å². The van der Waals surface area contributed by atoms with Crippen LogP contribution in [0.15, 0.2) is 41.2 Å². The largest absolute Gasteiger partial charge is 0.344 e. The van der Waals surface area contributed by atoms with E-state index in [1.807, 2.05) is 58.0 Å². The molecule has 0 fully saturated rings. The number of nitrogens with zero attached hydrogens (tertiary/aromatic N) is 3. The molecule has 0 aliphatic rings. The Balaban J connectivity index is 1.73. The van der Waals surface area contributed by atoms with Gasteiger partial charge >= 0.3 is 0 Å². The molecule has 28 heavy (non-hydrogen) atoms. The summed E-state index contributed by atoms with van der Waals surface area (Å²) in [6.07, 6.45) is 0. The first kappa shape index (κ1) is 17.9. The summed E-state index contributed by atoms with van der Waals surface area (Å²) in [5.74, 6) is -0.431. The maximum atomic E-state index is 12.8. The van der Waals surface area contributed by atoms with Crippen LogP contribution in [-0.4, -0.2) is 25.7 Å². The summed E-state index contributed by atoms with van der Waals surface area (Å²) in [5, 5.41) is 11.0. The lowest BCUT2D eigenvalue weighted by Crippen LogP contribution is -2.28. The number of fused-ring (bicyclic) bond motifs is 3. The van der Waals surface area contributed by atoms with Gasteiger partial charge < -0.3 is 10.3 Å². The molecule has 2 N–H and O–H groups in total. The molecule has 0 unspecified atom stereocenters. The minimum absolute atomic E-state index is 0.0142. The zero-order chi connectivity index (χ0) is 20.0. The average Bonchev–Trinajstić information content (AvgIpc) is 3.07. The molecule has 7 heteroatoms. The van der Waals surface area contributed by atoms with Crippen LogP contribution < -0.4 is 10.9 Å². The van der Waals surface area contributed by atoms with Crippen molar-refractivity contribution in [3.8, 4) is 0 Å². The fraction of sp³-hybridized carbons (Fsp3) is 0.238. The van der Waals surface area contributed by atoms with Gasteiger partial charge in [-0.2, -0.15) is 0 Å². The number of rotatable bonds is 3. The minimum atomic E-state index is -0.431. The first-order valence-electron chi connectivity index (χ1n) is 9.11. The lowest BCUT2D eigenvalue weighted by molar-refractivity contribution is 0.0936. The number of aromatic amines is 1. The Bertz CT molecular complexity index is 1290. The first-order chi connectivity index (χ1) is 13.3. The molecule has 0 radical (unpaired) electrons. The number of H-pyrrole nitrogens is 1. The van der Waals surface area contributed by atoms with Crippen molar-refractivity contribution in [2.45, 2.75) is 33.7 Å². The Kier molecular flexibility index (Phi) is 4.22. The molecule has 0 saturated heterocycles. The Morgan fingerprint density at radius 3 is 2.57 bits per heavy atom. The third-order valence-corrected chi connectivity index (χ3v) is 4.97. The van der Waals surface area contributed by atoms with E-state index in [-0.39, 0.29) is 17.3 Å². The zero-order valence-corrected chi connectivity index (χ0v) is 16.2. The summed E-state index contributed by atoms with van der Waals surface area (Å²) in [6.45, 7) is 7.89. The highest BCUT2D eigenvalue weighted by molar-refractivity contribution is 5.99. The van der Waals surface area contributed by atoms with E-state index in [1.54, 1.807) is 0 Å². The monoisotopic (exact) mass is 375 g/mol. The van der Waals surface area contributed by atoms with Crippen LogP contribution in [0.4, 0.5) is 0 Å². The van der Waals surface area contributed by atoms with Crippen molar-refractivity contribution < 1.29 is 4.79 Å². The molecule has 7 nitrogen and oxygen atoms in total. The highest BCUT2D eigenvalue weighted by Gasteiger charge is 2.22.